The third-order valence-corrected chi connectivity index (χ3v) is 21.1. The van der Waals surface area contributed by atoms with Gasteiger partial charge in [0.25, 0.3) is 5.91 Å². The summed E-state index contributed by atoms with van der Waals surface area (Å²) >= 11 is 0. The normalized spacial score (nSPS) is 50.5. The molecule has 6 unspecified atom stereocenters. The summed E-state index contributed by atoms with van der Waals surface area (Å²) in [7, 11) is 1.34. The number of amides is 1. The van der Waals surface area contributed by atoms with E-state index in [1.165, 1.54) is 50.0 Å². The van der Waals surface area contributed by atoms with Crippen LogP contribution in [0.4, 0.5) is 0 Å². The van der Waals surface area contributed by atoms with Crippen LogP contribution in [0.3, 0.4) is 0 Å². The van der Waals surface area contributed by atoms with E-state index in [1.54, 1.807) is 14.2 Å². The molecular formula is C36H63NO4Si. The number of likely N-dealkylation sites (N-methyl/N-ethyl adjacent to an activating group) is 1. The molecule has 5 aliphatic carbocycles. The molecule has 1 heterocycles. The van der Waals surface area contributed by atoms with Gasteiger partial charge >= 0.3 is 0 Å². The first-order chi connectivity index (χ1) is 19.7. The molecule has 1 saturated heterocycles. The van der Waals surface area contributed by atoms with E-state index in [2.05, 4.69) is 62.3 Å². The lowest BCUT2D eigenvalue weighted by Gasteiger charge is -2.64. The molecule has 0 aromatic heterocycles. The van der Waals surface area contributed by atoms with Crippen molar-refractivity contribution in [3.05, 3.63) is 0 Å². The van der Waals surface area contributed by atoms with Crippen molar-refractivity contribution in [3.63, 3.8) is 0 Å². The topological polar surface area (TPSA) is 48.0 Å². The van der Waals surface area contributed by atoms with Gasteiger partial charge in [-0.05, 0) is 121 Å². The zero-order valence-corrected chi connectivity index (χ0v) is 30.0. The van der Waals surface area contributed by atoms with Crippen molar-refractivity contribution in [1.82, 2.24) is 5.06 Å². The number of hydrogen-bond donors (Lipinski definition) is 0. The van der Waals surface area contributed by atoms with E-state index in [0.717, 1.165) is 36.4 Å². The summed E-state index contributed by atoms with van der Waals surface area (Å²) in [5, 5.41) is 1.37. The van der Waals surface area contributed by atoms with Gasteiger partial charge in [-0.3, -0.25) is 9.63 Å². The van der Waals surface area contributed by atoms with Crippen LogP contribution in [0, 0.1) is 56.7 Å². The fourth-order valence-corrected chi connectivity index (χ4v) is 16.3. The zero-order valence-electron chi connectivity index (χ0n) is 29.0. The Labute approximate surface area is 258 Å². The fraction of sp³-hybridized carbons (Fsp3) is 0.972. The Morgan fingerprint density at radius 1 is 0.929 bits per heavy atom. The molecule has 0 radical (unpaired) electrons. The Kier molecular flexibility index (Phi) is 7.53. The summed E-state index contributed by atoms with van der Waals surface area (Å²) in [6.07, 6.45) is 10.0. The molecule has 5 nitrogen and oxygen atoms in total. The molecule has 6 heteroatoms. The molecule has 5 saturated carbocycles. The van der Waals surface area contributed by atoms with Crippen LogP contribution in [-0.2, 0) is 18.8 Å². The van der Waals surface area contributed by atoms with Crippen LogP contribution >= 0.6 is 0 Å². The number of fused-ring (bicyclic) bond motifs is 4. The Morgan fingerprint density at radius 2 is 1.55 bits per heavy atom. The lowest BCUT2D eigenvalue weighted by Crippen LogP contribution is -2.60. The molecule has 0 aromatic rings. The lowest BCUT2D eigenvalue weighted by atomic mass is 9.41. The number of hydroxylamine groups is 2. The van der Waals surface area contributed by atoms with E-state index in [1.807, 2.05) is 0 Å². The largest absolute Gasteiger partial charge is 0.411 e. The van der Waals surface area contributed by atoms with Gasteiger partial charge in [-0.25, -0.2) is 5.06 Å². The van der Waals surface area contributed by atoms with Crippen molar-refractivity contribution >= 4 is 14.2 Å². The van der Waals surface area contributed by atoms with Crippen molar-refractivity contribution in [2.24, 2.45) is 56.7 Å². The Hall–Kier alpha value is -0.433. The molecule has 12 atom stereocenters. The van der Waals surface area contributed by atoms with Crippen molar-refractivity contribution in [2.75, 3.05) is 14.2 Å². The second-order valence-electron chi connectivity index (χ2n) is 17.3. The van der Waals surface area contributed by atoms with Crippen molar-refractivity contribution < 1.29 is 18.8 Å². The van der Waals surface area contributed by atoms with Crippen molar-refractivity contribution in [3.8, 4) is 0 Å². The van der Waals surface area contributed by atoms with Gasteiger partial charge in [0.05, 0.1) is 19.3 Å². The van der Waals surface area contributed by atoms with Crippen LogP contribution in [0.25, 0.3) is 0 Å². The Bertz CT molecular complexity index is 1070. The molecule has 0 N–H and O–H groups in total. The van der Waals surface area contributed by atoms with Crippen LogP contribution in [0.5, 0.6) is 0 Å². The Balaban J connectivity index is 1.45. The number of ether oxygens (including phenoxy) is 1. The molecule has 0 bridgehead atoms. The highest BCUT2D eigenvalue weighted by Crippen LogP contribution is 2.89. The first kappa shape index (κ1) is 31.5. The summed E-state index contributed by atoms with van der Waals surface area (Å²) < 4.78 is 14.9. The average molecular weight is 602 g/mol. The van der Waals surface area contributed by atoms with Crippen LogP contribution in [-0.4, -0.2) is 51.8 Å². The number of carbonyl (C=O) groups excluding carboxylic acids is 1. The fourth-order valence-electron chi connectivity index (χ4n) is 13.4. The summed E-state index contributed by atoms with van der Waals surface area (Å²) in [5.41, 5.74) is 1.65. The molecule has 1 amide bonds. The van der Waals surface area contributed by atoms with E-state index in [0.29, 0.717) is 34.0 Å². The highest BCUT2D eigenvalue weighted by atomic mass is 28.4. The van der Waals surface area contributed by atoms with Crippen molar-refractivity contribution in [1.29, 1.82) is 0 Å². The summed E-state index contributed by atoms with van der Waals surface area (Å²) in [4.78, 5) is 18.8. The minimum atomic E-state index is -1.95. The number of nitrogens with zero attached hydrogens (tertiary/aromatic N) is 1. The number of carbonyl (C=O) groups is 1. The lowest BCUT2D eigenvalue weighted by molar-refractivity contribution is -0.199. The Morgan fingerprint density at radius 3 is 2.17 bits per heavy atom. The van der Waals surface area contributed by atoms with E-state index >= 15 is 0 Å². The highest BCUT2D eigenvalue weighted by molar-refractivity contribution is 6.73. The second kappa shape index (κ2) is 10.0. The summed E-state index contributed by atoms with van der Waals surface area (Å²) in [6, 6.07) is 3.46. The number of rotatable bonds is 7. The third kappa shape index (κ3) is 3.73. The van der Waals surface area contributed by atoms with Gasteiger partial charge in [0.15, 0.2) is 8.32 Å². The maximum absolute atomic E-state index is 13.5. The van der Waals surface area contributed by atoms with E-state index in [-0.39, 0.29) is 28.9 Å². The van der Waals surface area contributed by atoms with E-state index < -0.39 is 14.4 Å². The summed E-state index contributed by atoms with van der Waals surface area (Å²) in [5.74, 6) is 3.15. The molecule has 1 aliphatic heterocycles. The molecule has 240 valence electrons. The molecule has 6 aliphatic rings. The van der Waals surface area contributed by atoms with Crippen LogP contribution in [0.1, 0.15) is 114 Å². The molecule has 2 spiro atoms. The molecule has 0 aromatic carbocycles. The van der Waals surface area contributed by atoms with Gasteiger partial charge in [0.2, 0.25) is 0 Å². The molecular weight excluding hydrogens is 538 g/mol. The van der Waals surface area contributed by atoms with Crippen LogP contribution in [0.2, 0.25) is 18.1 Å². The third-order valence-electron chi connectivity index (χ3n) is 16.5. The van der Waals surface area contributed by atoms with Gasteiger partial charge in [-0.15, -0.1) is 0 Å². The highest BCUT2D eigenvalue weighted by Gasteiger charge is 2.84. The maximum atomic E-state index is 13.5. The quantitative estimate of drug-likeness (QED) is 0.217. The predicted molar refractivity (Wildman–Crippen MR) is 171 cm³/mol. The van der Waals surface area contributed by atoms with Crippen LogP contribution in [0.15, 0.2) is 0 Å². The zero-order chi connectivity index (χ0) is 30.7. The van der Waals surface area contributed by atoms with Gasteiger partial charge < -0.3 is 9.16 Å². The average Bonchev–Trinajstić information content (AvgIpc) is 3.60. The summed E-state index contributed by atoms with van der Waals surface area (Å²) in [6.45, 7) is 22.6. The van der Waals surface area contributed by atoms with Gasteiger partial charge in [0.1, 0.15) is 6.10 Å². The maximum Gasteiger partial charge on any atom is 0.274 e. The molecule has 6 rings (SSSR count). The first-order valence-corrected chi connectivity index (χ1v) is 20.4. The van der Waals surface area contributed by atoms with Crippen LogP contribution < -0.4 is 0 Å². The molecule has 6 fully saturated rings. The minimum absolute atomic E-state index is 0.0233. The smallest absolute Gasteiger partial charge is 0.274 e. The minimum Gasteiger partial charge on any atom is -0.411 e. The first-order valence-electron chi connectivity index (χ1n) is 17.8. The second-order valence-corrected chi connectivity index (χ2v) is 22.0. The predicted octanol–water partition coefficient (Wildman–Crippen LogP) is 8.49. The number of hydrogen-bond acceptors (Lipinski definition) is 4. The van der Waals surface area contributed by atoms with Gasteiger partial charge in [-0.2, -0.15) is 0 Å². The van der Waals surface area contributed by atoms with E-state index in [9.17, 15) is 4.79 Å². The monoisotopic (exact) mass is 601 g/mol. The molecule has 42 heavy (non-hydrogen) atoms. The SMILES string of the molecule is CC[Si](CC)(CC)O[C@H]1C2OC(C(=O)N(C)OC)CC(C)C2[C@@]2(C)CCC34C[C@@]35CCC(C)C(C)(C)[C@@H]5CC[C@H]4[C@]12C. The van der Waals surface area contributed by atoms with Crippen molar-refractivity contribution in [2.45, 2.75) is 150 Å². The standard InChI is InChI=1S/C36H63NO4Si/c1-12-42(13-2,14-3)41-30-29-28(23(4)21-25(40-29)31(38)37(10)39-11)33(8)19-20-36-22-35(36)18-17-24(5)32(6,7)26(35)15-16-27(36)34(30,33)9/h23-30H,12-22H2,1-11H3/t23?,24?,25?,26-,27-,28?,29?,30-,33+,34+,35+,36?/m0/s1. The van der Waals surface area contributed by atoms with Gasteiger partial charge in [-0.1, -0.05) is 62.3 Å². The van der Waals surface area contributed by atoms with Gasteiger partial charge in [0, 0.05) is 12.5 Å². The van der Waals surface area contributed by atoms with E-state index in [4.69, 9.17) is 14.0 Å².